The summed E-state index contributed by atoms with van der Waals surface area (Å²) in [6, 6.07) is 11.3. The van der Waals surface area contributed by atoms with Crippen molar-refractivity contribution in [3.05, 3.63) is 65.6 Å². The second kappa shape index (κ2) is 7.99. The average molecular weight is 369 g/mol. The first-order valence-corrected chi connectivity index (χ1v) is 8.57. The number of rotatable bonds is 6. The minimum Gasteiger partial charge on any atom is -0.494 e. The molecule has 0 radical (unpaired) electrons. The van der Waals surface area contributed by atoms with Crippen LogP contribution in [-0.2, 0) is 0 Å². The maximum absolute atomic E-state index is 14.0. The van der Waals surface area contributed by atoms with Crippen LogP contribution in [0.1, 0.15) is 41.5 Å². The van der Waals surface area contributed by atoms with E-state index in [4.69, 9.17) is 9.26 Å². The van der Waals surface area contributed by atoms with Crippen molar-refractivity contribution in [1.29, 1.82) is 0 Å². The number of carbonyl (C=O) groups is 1. The summed E-state index contributed by atoms with van der Waals surface area (Å²) in [6.07, 6.45) is 0.608. The average Bonchev–Trinajstić information content (AvgIpc) is 3.12. The predicted molar refractivity (Wildman–Crippen MR) is 97.9 cm³/mol. The van der Waals surface area contributed by atoms with E-state index in [1.165, 1.54) is 13.2 Å². The molecule has 1 atom stereocenters. The topological polar surface area (TPSA) is 77.2 Å². The van der Waals surface area contributed by atoms with Crippen molar-refractivity contribution in [3.63, 3.8) is 0 Å². The molecule has 0 spiro atoms. The van der Waals surface area contributed by atoms with E-state index in [2.05, 4.69) is 15.5 Å². The van der Waals surface area contributed by atoms with Crippen LogP contribution in [0.3, 0.4) is 0 Å². The molecule has 7 heteroatoms. The number of nitrogens with zero attached hydrogens (tertiary/aromatic N) is 2. The van der Waals surface area contributed by atoms with Gasteiger partial charge in [0.2, 0.25) is 5.89 Å². The highest BCUT2D eigenvalue weighted by atomic mass is 19.1. The van der Waals surface area contributed by atoms with Gasteiger partial charge in [-0.25, -0.2) is 4.39 Å². The molecule has 0 bridgehead atoms. The summed E-state index contributed by atoms with van der Waals surface area (Å²) in [7, 11) is 1.41. The van der Waals surface area contributed by atoms with Crippen LogP contribution in [0, 0.1) is 12.7 Å². The first-order valence-electron chi connectivity index (χ1n) is 8.57. The third-order valence-electron chi connectivity index (χ3n) is 4.16. The standard InChI is InChI=1S/C20H20FN3O3/c1-4-17(20-22-12(2)24-27-20)23-19(25)15-7-5-6-13(10-15)14-8-9-18(26-3)16(21)11-14/h5-11,17H,4H2,1-3H3,(H,23,25). The molecule has 0 aliphatic heterocycles. The Hall–Kier alpha value is -3.22. The van der Waals surface area contributed by atoms with E-state index >= 15 is 0 Å². The lowest BCUT2D eigenvalue weighted by molar-refractivity contribution is 0.0927. The summed E-state index contributed by atoms with van der Waals surface area (Å²) in [4.78, 5) is 16.8. The summed E-state index contributed by atoms with van der Waals surface area (Å²) in [5.41, 5.74) is 1.84. The Morgan fingerprint density at radius 2 is 2.04 bits per heavy atom. The molecule has 1 N–H and O–H groups in total. The summed E-state index contributed by atoms with van der Waals surface area (Å²) >= 11 is 0. The van der Waals surface area contributed by atoms with Crippen molar-refractivity contribution in [1.82, 2.24) is 15.5 Å². The first-order chi connectivity index (χ1) is 13.0. The fourth-order valence-electron chi connectivity index (χ4n) is 2.72. The summed E-state index contributed by atoms with van der Waals surface area (Å²) < 4.78 is 24.1. The van der Waals surface area contributed by atoms with Crippen LogP contribution in [-0.4, -0.2) is 23.2 Å². The Kier molecular flexibility index (Phi) is 5.49. The van der Waals surface area contributed by atoms with Gasteiger partial charge in [-0.1, -0.05) is 30.3 Å². The first kappa shape index (κ1) is 18.6. The molecule has 3 rings (SSSR count). The fraction of sp³-hybridized carbons (Fsp3) is 0.250. The number of halogens is 1. The number of aromatic nitrogens is 2. The largest absolute Gasteiger partial charge is 0.494 e. The number of carbonyl (C=O) groups excluding carboxylic acids is 1. The van der Waals surface area contributed by atoms with E-state index in [1.54, 1.807) is 37.3 Å². The summed E-state index contributed by atoms with van der Waals surface area (Å²) in [5, 5.41) is 6.65. The molecule has 140 valence electrons. The molecule has 1 unspecified atom stereocenters. The van der Waals surface area contributed by atoms with Gasteiger partial charge in [-0.2, -0.15) is 4.98 Å². The molecule has 0 saturated carbocycles. The molecule has 3 aromatic rings. The number of hydrogen-bond donors (Lipinski definition) is 1. The van der Waals surface area contributed by atoms with E-state index in [0.29, 0.717) is 29.3 Å². The van der Waals surface area contributed by atoms with Crippen molar-refractivity contribution >= 4 is 5.91 Å². The molecular weight excluding hydrogens is 349 g/mol. The molecule has 1 amide bonds. The van der Waals surface area contributed by atoms with Gasteiger partial charge >= 0.3 is 0 Å². The van der Waals surface area contributed by atoms with Gasteiger partial charge in [0.15, 0.2) is 17.4 Å². The van der Waals surface area contributed by atoms with Gasteiger partial charge in [0, 0.05) is 5.56 Å². The highest BCUT2D eigenvalue weighted by Crippen LogP contribution is 2.26. The molecule has 2 aromatic carbocycles. The van der Waals surface area contributed by atoms with Gasteiger partial charge in [0.05, 0.1) is 7.11 Å². The van der Waals surface area contributed by atoms with E-state index in [9.17, 15) is 9.18 Å². The van der Waals surface area contributed by atoms with E-state index in [1.807, 2.05) is 13.0 Å². The Labute approximate surface area is 156 Å². The Morgan fingerprint density at radius 3 is 2.67 bits per heavy atom. The van der Waals surface area contributed by atoms with Crippen LogP contribution in [0.25, 0.3) is 11.1 Å². The van der Waals surface area contributed by atoms with Crippen LogP contribution in [0.5, 0.6) is 5.75 Å². The molecule has 1 aromatic heterocycles. The molecule has 0 fully saturated rings. The van der Waals surface area contributed by atoms with Crippen molar-refractivity contribution < 1.29 is 18.4 Å². The Bertz CT molecular complexity index is 955. The maximum Gasteiger partial charge on any atom is 0.251 e. The zero-order chi connectivity index (χ0) is 19.4. The van der Waals surface area contributed by atoms with E-state index in [0.717, 1.165) is 5.56 Å². The second-order valence-electron chi connectivity index (χ2n) is 6.04. The zero-order valence-corrected chi connectivity index (χ0v) is 15.3. The Balaban J connectivity index is 1.82. The SMILES string of the molecule is CCC(NC(=O)c1cccc(-c2ccc(OC)c(F)c2)c1)c1nc(C)no1. The van der Waals surface area contributed by atoms with Crippen molar-refractivity contribution in [3.8, 4) is 16.9 Å². The molecule has 0 aliphatic rings. The van der Waals surface area contributed by atoms with Gasteiger partial charge in [-0.05, 0) is 48.7 Å². The zero-order valence-electron chi connectivity index (χ0n) is 15.3. The second-order valence-corrected chi connectivity index (χ2v) is 6.04. The van der Waals surface area contributed by atoms with Gasteiger partial charge in [-0.15, -0.1) is 0 Å². The van der Waals surface area contributed by atoms with E-state index < -0.39 is 5.82 Å². The number of nitrogens with one attached hydrogen (secondary N) is 1. The third-order valence-corrected chi connectivity index (χ3v) is 4.16. The molecular formula is C20H20FN3O3. The number of hydrogen-bond acceptors (Lipinski definition) is 5. The lowest BCUT2D eigenvalue weighted by atomic mass is 10.0. The molecule has 6 nitrogen and oxygen atoms in total. The summed E-state index contributed by atoms with van der Waals surface area (Å²) in [6.45, 7) is 3.64. The van der Waals surface area contributed by atoms with Gasteiger partial charge < -0.3 is 14.6 Å². The lowest BCUT2D eigenvalue weighted by Crippen LogP contribution is -2.28. The van der Waals surface area contributed by atoms with Crippen molar-refractivity contribution in [2.75, 3.05) is 7.11 Å². The van der Waals surface area contributed by atoms with Crippen LogP contribution >= 0.6 is 0 Å². The molecule has 0 saturated heterocycles. The minimum absolute atomic E-state index is 0.174. The van der Waals surface area contributed by atoms with Gasteiger partial charge in [-0.3, -0.25) is 4.79 Å². The third kappa shape index (κ3) is 4.13. The highest BCUT2D eigenvalue weighted by molar-refractivity contribution is 5.95. The van der Waals surface area contributed by atoms with Crippen molar-refractivity contribution in [2.45, 2.75) is 26.3 Å². The van der Waals surface area contributed by atoms with Crippen LogP contribution in [0.15, 0.2) is 47.0 Å². The van der Waals surface area contributed by atoms with Crippen LogP contribution in [0.4, 0.5) is 4.39 Å². The minimum atomic E-state index is -0.456. The highest BCUT2D eigenvalue weighted by Gasteiger charge is 2.19. The number of methoxy groups -OCH3 is 1. The number of ether oxygens (including phenoxy) is 1. The lowest BCUT2D eigenvalue weighted by Gasteiger charge is -2.13. The van der Waals surface area contributed by atoms with Gasteiger partial charge in [0.25, 0.3) is 5.91 Å². The molecule has 1 heterocycles. The van der Waals surface area contributed by atoms with Crippen LogP contribution < -0.4 is 10.1 Å². The number of amides is 1. The Morgan fingerprint density at radius 1 is 1.26 bits per heavy atom. The monoisotopic (exact) mass is 369 g/mol. The van der Waals surface area contributed by atoms with E-state index in [-0.39, 0.29) is 17.7 Å². The molecule has 0 aliphatic carbocycles. The smallest absolute Gasteiger partial charge is 0.251 e. The molecule has 27 heavy (non-hydrogen) atoms. The summed E-state index contributed by atoms with van der Waals surface area (Å²) in [5.74, 6) is 0.336. The number of benzene rings is 2. The van der Waals surface area contributed by atoms with Crippen LogP contribution in [0.2, 0.25) is 0 Å². The quantitative estimate of drug-likeness (QED) is 0.709. The fourth-order valence-corrected chi connectivity index (χ4v) is 2.72. The van der Waals surface area contributed by atoms with Gasteiger partial charge in [0.1, 0.15) is 6.04 Å². The van der Waals surface area contributed by atoms with Crippen molar-refractivity contribution in [2.24, 2.45) is 0 Å². The number of aryl methyl sites for hydroxylation is 1. The normalized spacial score (nSPS) is 11.9. The predicted octanol–water partition coefficient (Wildman–Crippen LogP) is 4.07. The maximum atomic E-state index is 14.0.